The van der Waals surface area contributed by atoms with Crippen molar-refractivity contribution in [3.05, 3.63) is 122 Å². The Kier molecular flexibility index (Phi) is 8.51. The van der Waals surface area contributed by atoms with Crippen LogP contribution in [0.25, 0.3) is 22.3 Å². The first-order chi connectivity index (χ1) is 20.2. The minimum Gasteiger partial charge on any atom is -0.490 e. The first-order valence-electron chi connectivity index (χ1n) is 12.7. The zero-order valence-electron chi connectivity index (χ0n) is 22.0. The van der Waals surface area contributed by atoms with Crippen LogP contribution in [-0.2, 0) is 12.8 Å². The highest BCUT2D eigenvalue weighted by molar-refractivity contribution is 6.32. The summed E-state index contributed by atoms with van der Waals surface area (Å²) >= 11 is 12.8. The van der Waals surface area contributed by atoms with Crippen molar-refractivity contribution in [2.75, 3.05) is 6.61 Å². The highest BCUT2D eigenvalue weighted by Crippen LogP contribution is 2.37. The van der Waals surface area contributed by atoms with Crippen molar-refractivity contribution in [1.29, 1.82) is 0 Å². The first-order valence-corrected chi connectivity index (χ1v) is 13.5. The summed E-state index contributed by atoms with van der Waals surface area (Å²) in [7, 11) is 0. The minimum atomic E-state index is -4.58. The number of rotatable bonds is 8. The second-order valence-corrected chi connectivity index (χ2v) is 9.85. The van der Waals surface area contributed by atoms with Crippen LogP contribution in [0.1, 0.15) is 23.6 Å². The number of para-hydroxylation sites is 1. The molecule has 0 spiro atoms. The second-order valence-electron chi connectivity index (χ2n) is 9.04. The summed E-state index contributed by atoms with van der Waals surface area (Å²) in [4.78, 5) is 17.9. The van der Waals surface area contributed by atoms with E-state index in [4.69, 9.17) is 32.7 Å². The molecule has 42 heavy (non-hydrogen) atoms. The Bertz CT molecular complexity index is 1860. The molecule has 0 aliphatic carbocycles. The molecule has 0 bridgehead atoms. The molecule has 0 aliphatic heterocycles. The maximum Gasteiger partial charge on any atom is 0.416 e. The Morgan fingerprint density at radius 2 is 1.69 bits per heavy atom. The Morgan fingerprint density at radius 3 is 2.45 bits per heavy atom. The summed E-state index contributed by atoms with van der Waals surface area (Å²) in [5.74, 6) is 0.572. The molecule has 0 N–H and O–H groups in total. The third-order valence-corrected chi connectivity index (χ3v) is 6.84. The van der Waals surface area contributed by atoms with Crippen molar-refractivity contribution in [2.24, 2.45) is 5.10 Å². The fourth-order valence-electron chi connectivity index (χ4n) is 4.21. The normalized spacial score (nSPS) is 11.8. The Labute approximate surface area is 248 Å². The monoisotopic (exact) mass is 611 g/mol. The summed E-state index contributed by atoms with van der Waals surface area (Å²) in [5, 5.41) is 5.35. The van der Waals surface area contributed by atoms with E-state index < -0.39 is 17.3 Å². The van der Waals surface area contributed by atoms with Crippen LogP contribution in [0.3, 0.4) is 0 Å². The molecule has 0 saturated carbocycles. The van der Waals surface area contributed by atoms with Gasteiger partial charge in [0.2, 0.25) is 0 Å². The van der Waals surface area contributed by atoms with Crippen LogP contribution in [0.4, 0.5) is 13.2 Å². The zero-order valence-corrected chi connectivity index (χ0v) is 23.5. The lowest BCUT2D eigenvalue weighted by atomic mass is 10.1. The van der Waals surface area contributed by atoms with E-state index in [9.17, 15) is 18.0 Å². The third kappa shape index (κ3) is 6.27. The predicted molar refractivity (Wildman–Crippen MR) is 158 cm³/mol. The molecule has 0 amide bonds. The number of ether oxygens (including phenoxy) is 2. The zero-order chi connectivity index (χ0) is 29.9. The van der Waals surface area contributed by atoms with Gasteiger partial charge in [0.05, 0.1) is 34.3 Å². The Hall–Kier alpha value is -4.34. The van der Waals surface area contributed by atoms with Crippen molar-refractivity contribution < 1.29 is 22.6 Å². The molecule has 0 unspecified atom stereocenters. The molecule has 6 nitrogen and oxygen atoms in total. The summed E-state index contributed by atoms with van der Waals surface area (Å²) in [6, 6.07) is 21.5. The van der Waals surface area contributed by atoms with Gasteiger partial charge >= 0.3 is 6.18 Å². The molecule has 11 heteroatoms. The highest BCUT2D eigenvalue weighted by Gasteiger charge is 2.31. The molecule has 0 atom stereocenters. The SMILES string of the molecule is CCOc1cc(C=Nn2c(-c3cccc(C(F)(F)F)c3)nc3ccccc3c2=O)cc(Cl)c1OCc1ccccc1Cl. The smallest absolute Gasteiger partial charge is 0.416 e. The van der Waals surface area contributed by atoms with Gasteiger partial charge in [-0.25, -0.2) is 4.98 Å². The van der Waals surface area contributed by atoms with E-state index in [0.717, 1.165) is 22.4 Å². The van der Waals surface area contributed by atoms with Gasteiger partial charge in [0.15, 0.2) is 17.3 Å². The van der Waals surface area contributed by atoms with Gasteiger partial charge in [-0.3, -0.25) is 4.79 Å². The number of fused-ring (bicyclic) bond motifs is 1. The molecule has 0 saturated heterocycles. The lowest BCUT2D eigenvalue weighted by Crippen LogP contribution is -2.20. The number of aromatic nitrogens is 2. The maximum absolute atomic E-state index is 13.5. The number of halogens is 5. The van der Waals surface area contributed by atoms with Crippen LogP contribution < -0.4 is 15.0 Å². The molecular formula is C31H22Cl2F3N3O3. The van der Waals surface area contributed by atoms with Gasteiger partial charge in [-0.1, -0.05) is 65.7 Å². The van der Waals surface area contributed by atoms with Gasteiger partial charge in [0, 0.05) is 16.1 Å². The fourth-order valence-corrected chi connectivity index (χ4v) is 4.67. The van der Waals surface area contributed by atoms with Crippen molar-refractivity contribution in [3.63, 3.8) is 0 Å². The quantitative estimate of drug-likeness (QED) is 0.166. The van der Waals surface area contributed by atoms with Crippen LogP contribution in [0.5, 0.6) is 11.5 Å². The summed E-state index contributed by atoms with van der Waals surface area (Å²) in [6.07, 6.45) is -3.23. The van der Waals surface area contributed by atoms with Crippen LogP contribution in [0, 0.1) is 0 Å². The maximum atomic E-state index is 13.5. The summed E-state index contributed by atoms with van der Waals surface area (Å²) in [6.45, 7) is 2.26. The topological polar surface area (TPSA) is 65.7 Å². The van der Waals surface area contributed by atoms with Gasteiger partial charge in [-0.05, 0) is 55.0 Å². The first kappa shape index (κ1) is 29.2. The molecular weight excluding hydrogens is 590 g/mol. The van der Waals surface area contributed by atoms with Gasteiger partial charge in [-0.2, -0.15) is 22.9 Å². The van der Waals surface area contributed by atoms with Crippen molar-refractivity contribution in [1.82, 2.24) is 9.66 Å². The standard InChI is InChI=1S/C31H22Cl2F3N3O3/c1-2-41-27-15-19(14-25(33)28(27)42-18-21-8-3-5-12-24(21)32)17-37-39-29(20-9-7-10-22(16-20)31(34,35)36)38-26-13-6-4-11-23(26)30(39)40/h3-17H,2,18H2,1H3. The number of hydrogen-bond donors (Lipinski definition) is 0. The summed E-state index contributed by atoms with van der Waals surface area (Å²) in [5.41, 5.74) is 0.167. The number of alkyl halides is 3. The van der Waals surface area contributed by atoms with Crippen LogP contribution >= 0.6 is 23.2 Å². The van der Waals surface area contributed by atoms with Gasteiger partial charge in [0.25, 0.3) is 5.56 Å². The molecule has 1 aromatic heterocycles. The molecule has 0 aliphatic rings. The largest absolute Gasteiger partial charge is 0.490 e. The molecule has 1 heterocycles. The van der Waals surface area contributed by atoms with Gasteiger partial charge < -0.3 is 9.47 Å². The second kappa shape index (κ2) is 12.3. The van der Waals surface area contributed by atoms with Crippen LogP contribution in [-0.4, -0.2) is 22.5 Å². The van der Waals surface area contributed by atoms with Crippen molar-refractivity contribution >= 4 is 40.3 Å². The average molecular weight is 612 g/mol. The molecule has 214 valence electrons. The van der Waals surface area contributed by atoms with Crippen LogP contribution in [0.15, 0.2) is 94.8 Å². The predicted octanol–water partition coefficient (Wildman–Crippen LogP) is 8.25. The molecule has 0 fully saturated rings. The minimum absolute atomic E-state index is 0.0585. The molecule has 5 aromatic rings. The van der Waals surface area contributed by atoms with Gasteiger partial charge in [-0.15, -0.1) is 0 Å². The van der Waals surface area contributed by atoms with Crippen molar-refractivity contribution in [2.45, 2.75) is 19.7 Å². The van der Waals surface area contributed by atoms with E-state index in [-0.39, 0.29) is 28.4 Å². The molecule has 0 radical (unpaired) electrons. The third-order valence-electron chi connectivity index (χ3n) is 6.19. The van der Waals surface area contributed by atoms with Crippen LogP contribution in [0.2, 0.25) is 10.0 Å². The van der Waals surface area contributed by atoms with E-state index in [1.165, 1.54) is 18.3 Å². The number of hydrogen-bond acceptors (Lipinski definition) is 5. The lowest BCUT2D eigenvalue weighted by Gasteiger charge is -2.15. The van der Waals surface area contributed by atoms with E-state index in [1.807, 2.05) is 18.2 Å². The number of nitrogens with zero attached hydrogens (tertiary/aromatic N) is 3. The van der Waals surface area contributed by atoms with Gasteiger partial charge in [0.1, 0.15) is 6.61 Å². The number of benzene rings is 4. The molecule has 4 aromatic carbocycles. The van der Waals surface area contributed by atoms with E-state index >= 15 is 0 Å². The summed E-state index contributed by atoms with van der Waals surface area (Å²) < 4.78 is 53.1. The van der Waals surface area contributed by atoms with Crippen molar-refractivity contribution in [3.8, 4) is 22.9 Å². The Morgan fingerprint density at radius 1 is 0.929 bits per heavy atom. The molecule has 5 rings (SSSR count). The fraction of sp³-hybridized carbons (Fsp3) is 0.129. The highest BCUT2D eigenvalue weighted by atomic mass is 35.5. The Balaban J connectivity index is 1.57. The van der Waals surface area contributed by atoms with E-state index in [0.29, 0.717) is 34.2 Å². The lowest BCUT2D eigenvalue weighted by molar-refractivity contribution is -0.137. The van der Waals surface area contributed by atoms with E-state index in [1.54, 1.807) is 49.4 Å². The average Bonchev–Trinajstić information content (AvgIpc) is 2.97. The van der Waals surface area contributed by atoms with E-state index in [2.05, 4.69) is 10.1 Å².